The Bertz CT molecular complexity index is 614. The third-order valence-corrected chi connectivity index (χ3v) is 2.96. The molecule has 0 fully saturated rings. The van der Waals surface area contributed by atoms with Gasteiger partial charge in [0.2, 0.25) is 5.24 Å². The molecule has 3 nitrogen and oxygen atoms in total. The van der Waals surface area contributed by atoms with Crippen molar-refractivity contribution in [3.05, 3.63) is 71.5 Å². The molecule has 1 atom stereocenters. The van der Waals surface area contributed by atoms with E-state index in [1.54, 1.807) is 30.3 Å². The summed E-state index contributed by atoms with van der Waals surface area (Å²) in [5.41, 5.74) is 0.841. The maximum atomic E-state index is 12.8. The molecule has 0 spiro atoms. The number of amides is 1. The lowest BCUT2D eigenvalue weighted by Gasteiger charge is -2.15. The lowest BCUT2D eigenvalue weighted by atomic mass is 10.1. The fraction of sp³-hybridized carbons (Fsp3) is 0.0667. The van der Waals surface area contributed by atoms with Crippen LogP contribution in [-0.4, -0.2) is 11.1 Å². The summed E-state index contributed by atoms with van der Waals surface area (Å²) >= 11 is 5.52. The van der Waals surface area contributed by atoms with E-state index in [0.717, 1.165) is 0 Å². The van der Waals surface area contributed by atoms with Crippen LogP contribution in [0.5, 0.6) is 0 Å². The lowest BCUT2D eigenvalue weighted by Crippen LogP contribution is -2.32. The molecule has 1 N–H and O–H groups in total. The highest BCUT2D eigenvalue weighted by Gasteiger charge is 2.21. The number of halogens is 2. The predicted molar refractivity (Wildman–Crippen MR) is 73.9 cm³/mol. The molecular formula is C15H11ClFNO2. The number of carbonyl (C=O) groups is 2. The number of hydrogen-bond donors (Lipinski definition) is 1. The first-order chi connectivity index (χ1) is 9.58. The van der Waals surface area contributed by atoms with Crippen molar-refractivity contribution in [1.29, 1.82) is 0 Å². The highest BCUT2D eigenvalue weighted by molar-refractivity contribution is 6.64. The zero-order valence-electron chi connectivity index (χ0n) is 10.3. The molecule has 0 radical (unpaired) electrons. The van der Waals surface area contributed by atoms with E-state index in [1.165, 1.54) is 24.3 Å². The second-order valence-electron chi connectivity index (χ2n) is 4.13. The Labute approximate surface area is 120 Å². The number of hydrogen-bond acceptors (Lipinski definition) is 2. The van der Waals surface area contributed by atoms with Crippen LogP contribution < -0.4 is 5.32 Å². The van der Waals surface area contributed by atoms with Crippen LogP contribution >= 0.6 is 11.6 Å². The van der Waals surface area contributed by atoms with Crippen LogP contribution in [0.3, 0.4) is 0 Å². The first kappa shape index (κ1) is 14.2. The molecule has 0 aliphatic carbocycles. The van der Waals surface area contributed by atoms with Gasteiger partial charge < -0.3 is 5.32 Å². The fourth-order valence-corrected chi connectivity index (χ4v) is 1.91. The van der Waals surface area contributed by atoms with Gasteiger partial charge in [0.15, 0.2) is 0 Å². The van der Waals surface area contributed by atoms with Gasteiger partial charge in [-0.2, -0.15) is 0 Å². The van der Waals surface area contributed by atoms with Crippen LogP contribution in [0.2, 0.25) is 0 Å². The van der Waals surface area contributed by atoms with Crippen molar-refractivity contribution in [2.75, 3.05) is 0 Å². The van der Waals surface area contributed by atoms with Crippen molar-refractivity contribution in [3.8, 4) is 0 Å². The Balaban J connectivity index is 2.19. The summed E-state index contributed by atoms with van der Waals surface area (Å²) in [6.45, 7) is 0. The molecule has 0 heterocycles. The van der Waals surface area contributed by atoms with Gasteiger partial charge >= 0.3 is 0 Å². The monoisotopic (exact) mass is 291 g/mol. The SMILES string of the molecule is O=C(NC(C(=O)Cl)c1ccccc1)c1ccc(F)cc1. The first-order valence-electron chi connectivity index (χ1n) is 5.88. The summed E-state index contributed by atoms with van der Waals surface area (Å²) in [4.78, 5) is 23.5. The van der Waals surface area contributed by atoms with Gasteiger partial charge in [-0.15, -0.1) is 0 Å². The van der Waals surface area contributed by atoms with Gasteiger partial charge in [0.1, 0.15) is 11.9 Å². The zero-order valence-corrected chi connectivity index (χ0v) is 11.1. The molecule has 0 bridgehead atoms. The molecule has 1 unspecified atom stereocenters. The summed E-state index contributed by atoms with van der Waals surface area (Å²) < 4.78 is 12.8. The molecule has 0 aliphatic rings. The van der Waals surface area contributed by atoms with E-state index in [0.29, 0.717) is 5.56 Å². The van der Waals surface area contributed by atoms with Crippen LogP contribution in [0.4, 0.5) is 4.39 Å². The molecule has 0 aliphatic heterocycles. The Hall–Kier alpha value is -2.20. The average molecular weight is 292 g/mol. The second kappa shape index (κ2) is 6.30. The molecule has 0 saturated heterocycles. The van der Waals surface area contributed by atoms with E-state index < -0.39 is 23.0 Å². The molecule has 1 amide bonds. The van der Waals surface area contributed by atoms with Crippen LogP contribution in [0.25, 0.3) is 0 Å². The Morgan fingerprint density at radius 3 is 2.15 bits per heavy atom. The molecule has 20 heavy (non-hydrogen) atoms. The van der Waals surface area contributed by atoms with E-state index in [-0.39, 0.29) is 5.56 Å². The molecule has 2 rings (SSSR count). The Morgan fingerprint density at radius 2 is 1.60 bits per heavy atom. The fourth-order valence-electron chi connectivity index (χ4n) is 1.73. The van der Waals surface area contributed by atoms with Crippen molar-refractivity contribution in [2.24, 2.45) is 0 Å². The molecule has 2 aromatic rings. The summed E-state index contributed by atoms with van der Waals surface area (Å²) in [7, 11) is 0. The van der Waals surface area contributed by atoms with Crippen molar-refractivity contribution in [2.45, 2.75) is 6.04 Å². The third-order valence-electron chi connectivity index (χ3n) is 2.74. The normalized spacial score (nSPS) is 11.7. The smallest absolute Gasteiger partial charge is 0.252 e. The van der Waals surface area contributed by atoms with Gasteiger partial charge in [-0.25, -0.2) is 4.39 Å². The minimum Gasteiger partial charge on any atom is -0.337 e. The van der Waals surface area contributed by atoms with Gasteiger partial charge in [-0.1, -0.05) is 30.3 Å². The zero-order chi connectivity index (χ0) is 14.5. The molecule has 102 valence electrons. The van der Waals surface area contributed by atoms with Crippen molar-refractivity contribution < 1.29 is 14.0 Å². The second-order valence-corrected chi connectivity index (χ2v) is 4.50. The minimum atomic E-state index is -0.935. The van der Waals surface area contributed by atoms with Crippen molar-refractivity contribution in [1.82, 2.24) is 5.32 Å². The first-order valence-corrected chi connectivity index (χ1v) is 6.26. The predicted octanol–water partition coefficient (Wildman–Crippen LogP) is 3.06. The maximum absolute atomic E-state index is 12.8. The van der Waals surface area contributed by atoms with E-state index in [2.05, 4.69) is 5.32 Å². The highest BCUT2D eigenvalue weighted by atomic mass is 35.5. The van der Waals surface area contributed by atoms with Crippen molar-refractivity contribution >= 4 is 22.8 Å². The van der Waals surface area contributed by atoms with E-state index in [9.17, 15) is 14.0 Å². The highest BCUT2D eigenvalue weighted by Crippen LogP contribution is 2.16. The van der Waals surface area contributed by atoms with Gasteiger partial charge in [0.25, 0.3) is 5.91 Å². The number of carbonyl (C=O) groups excluding carboxylic acids is 2. The molecule has 5 heteroatoms. The Kier molecular flexibility index (Phi) is 4.48. The maximum Gasteiger partial charge on any atom is 0.252 e. The standard InChI is InChI=1S/C15H11ClFNO2/c16-14(19)13(10-4-2-1-3-5-10)18-15(20)11-6-8-12(17)9-7-11/h1-9,13H,(H,18,20). The number of rotatable bonds is 4. The van der Waals surface area contributed by atoms with Crippen LogP contribution in [0, 0.1) is 5.82 Å². The molecule has 2 aromatic carbocycles. The quantitative estimate of drug-likeness (QED) is 0.880. The minimum absolute atomic E-state index is 0.255. The molecule has 0 aromatic heterocycles. The van der Waals surface area contributed by atoms with E-state index in [4.69, 9.17) is 11.6 Å². The lowest BCUT2D eigenvalue weighted by molar-refractivity contribution is -0.113. The van der Waals surface area contributed by atoms with Gasteiger partial charge in [0.05, 0.1) is 0 Å². The largest absolute Gasteiger partial charge is 0.337 e. The van der Waals surface area contributed by atoms with Gasteiger partial charge in [0, 0.05) is 5.56 Å². The molecular weight excluding hydrogens is 281 g/mol. The van der Waals surface area contributed by atoms with Gasteiger partial charge in [-0.05, 0) is 41.4 Å². The van der Waals surface area contributed by atoms with Crippen molar-refractivity contribution in [3.63, 3.8) is 0 Å². The van der Waals surface area contributed by atoms with Crippen LogP contribution in [0.1, 0.15) is 22.0 Å². The summed E-state index contributed by atoms with van der Waals surface area (Å²) in [6.07, 6.45) is 0. The number of nitrogens with one attached hydrogen (secondary N) is 1. The van der Waals surface area contributed by atoms with Gasteiger partial charge in [-0.3, -0.25) is 9.59 Å². The average Bonchev–Trinajstić information content (AvgIpc) is 2.46. The van der Waals surface area contributed by atoms with Crippen LogP contribution in [0.15, 0.2) is 54.6 Å². The summed E-state index contributed by atoms with van der Waals surface area (Å²) in [6, 6.07) is 12.8. The third kappa shape index (κ3) is 3.42. The van der Waals surface area contributed by atoms with Crippen LogP contribution in [-0.2, 0) is 4.79 Å². The summed E-state index contributed by atoms with van der Waals surface area (Å²) in [5, 5.41) is 1.84. The topological polar surface area (TPSA) is 46.2 Å². The number of benzene rings is 2. The van der Waals surface area contributed by atoms with E-state index >= 15 is 0 Å². The Morgan fingerprint density at radius 1 is 1.00 bits per heavy atom. The molecule has 0 saturated carbocycles. The van der Waals surface area contributed by atoms with E-state index in [1.807, 2.05) is 0 Å². The summed E-state index contributed by atoms with van der Waals surface area (Å²) in [5.74, 6) is -0.928.